The van der Waals surface area contributed by atoms with Crippen molar-refractivity contribution in [3.05, 3.63) is 113 Å². The van der Waals surface area contributed by atoms with E-state index in [0.29, 0.717) is 34.3 Å². The first-order chi connectivity index (χ1) is 18.2. The first-order valence-corrected chi connectivity index (χ1v) is 13.3. The number of nitrogens with two attached hydrogens (primary N) is 1. The third kappa shape index (κ3) is 4.91. The number of hydrogen-bond acceptors (Lipinski definition) is 5. The molecule has 5 aromatic rings. The second-order valence-corrected chi connectivity index (χ2v) is 10.6. The largest absolute Gasteiger partial charge is 0.384 e. The predicted octanol–water partition coefficient (Wildman–Crippen LogP) is 4.71. The first-order valence-electron chi connectivity index (χ1n) is 11.8. The lowest BCUT2D eigenvalue weighted by Crippen LogP contribution is -2.23. The lowest BCUT2D eigenvalue weighted by Gasteiger charge is -2.13. The topological polar surface area (TPSA) is 138 Å². The van der Waals surface area contributed by atoms with E-state index >= 15 is 0 Å². The van der Waals surface area contributed by atoms with Crippen LogP contribution in [0.25, 0.3) is 21.7 Å². The number of nitrogens with zero attached hydrogens (tertiary/aromatic N) is 1. The summed E-state index contributed by atoms with van der Waals surface area (Å²) in [7, 11) is -3.91. The summed E-state index contributed by atoms with van der Waals surface area (Å²) >= 11 is 0. The molecule has 0 aliphatic rings. The summed E-state index contributed by atoms with van der Waals surface area (Å²) in [5.41, 5.74) is 9.19. The number of amidine groups is 1. The van der Waals surface area contributed by atoms with Crippen LogP contribution in [-0.4, -0.2) is 25.1 Å². The zero-order valence-electron chi connectivity index (χ0n) is 20.5. The molecule has 0 radical (unpaired) electrons. The second-order valence-electron chi connectivity index (χ2n) is 8.92. The molecule has 9 heteroatoms. The highest BCUT2D eigenvalue weighted by molar-refractivity contribution is 7.93. The Hall–Kier alpha value is -4.76. The van der Waals surface area contributed by atoms with Crippen LogP contribution >= 0.6 is 0 Å². The van der Waals surface area contributed by atoms with E-state index in [-0.39, 0.29) is 16.6 Å². The van der Waals surface area contributed by atoms with Crippen molar-refractivity contribution >= 4 is 49.1 Å². The molecule has 0 saturated heterocycles. The fourth-order valence-corrected chi connectivity index (χ4v) is 5.56. The minimum absolute atomic E-state index is 0.0121. The zero-order chi connectivity index (χ0) is 26.9. The molecular weight excluding hydrogens is 498 g/mol. The summed E-state index contributed by atoms with van der Waals surface area (Å²) in [6.07, 6.45) is 1.60. The number of carbonyl (C=O) groups excluding carboxylic acids is 1. The number of aryl methyl sites for hydroxylation is 1. The molecule has 4 aromatic carbocycles. The Kier molecular flexibility index (Phi) is 6.52. The van der Waals surface area contributed by atoms with Crippen LogP contribution in [0.2, 0.25) is 0 Å². The minimum atomic E-state index is -3.91. The number of para-hydroxylation sites is 1. The molecule has 1 amide bonds. The number of nitrogens with one attached hydrogen (secondary N) is 3. The molecule has 5 rings (SSSR count). The average molecular weight is 524 g/mol. The lowest BCUT2D eigenvalue weighted by atomic mass is 10.0. The van der Waals surface area contributed by atoms with Gasteiger partial charge in [0.05, 0.1) is 5.52 Å². The van der Waals surface area contributed by atoms with E-state index in [9.17, 15) is 13.2 Å². The molecule has 0 aliphatic heterocycles. The molecule has 0 bridgehead atoms. The van der Waals surface area contributed by atoms with Crippen LogP contribution in [-0.2, 0) is 16.6 Å². The van der Waals surface area contributed by atoms with Gasteiger partial charge in [-0.2, -0.15) is 0 Å². The summed E-state index contributed by atoms with van der Waals surface area (Å²) in [6.45, 7) is 2.22. The van der Waals surface area contributed by atoms with Crippen LogP contribution in [0.15, 0.2) is 96.0 Å². The molecule has 38 heavy (non-hydrogen) atoms. The van der Waals surface area contributed by atoms with E-state index in [2.05, 4.69) is 15.0 Å². The van der Waals surface area contributed by atoms with Gasteiger partial charge in [0, 0.05) is 34.9 Å². The number of fused-ring (bicyclic) bond motifs is 2. The average Bonchev–Trinajstić information content (AvgIpc) is 2.91. The van der Waals surface area contributed by atoms with Crippen molar-refractivity contribution in [1.29, 1.82) is 5.41 Å². The van der Waals surface area contributed by atoms with Gasteiger partial charge in [0.1, 0.15) is 10.7 Å². The monoisotopic (exact) mass is 523 g/mol. The van der Waals surface area contributed by atoms with Gasteiger partial charge in [0.15, 0.2) is 0 Å². The summed E-state index contributed by atoms with van der Waals surface area (Å²) in [5, 5.41) is 12.6. The number of carbonyl (C=O) groups is 1. The number of pyridine rings is 1. The Morgan fingerprint density at radius 1 is 0.947 bits per heavy atom. The van der Waals surface area contributed by atoms with Gasteiger partial charge in [0.25, 0.3) is 15.9 Å². The molecule has 0 spiro atoms. The van der Waals surface area contributed by atoms with Gasteiger partial charge < -0.3 is 11.1 Å². The smallest absolute Gasteiger partial charge is 0.264 e. The van der Waals surface area contributed by atoms with Crippen LogP contribution in [0.5, 0.6) is 0 Å². The van der Waals surface area contributed by atoms with Gasteiger partial charge >= 0.3 is 0 Å². The highest BCUT2D eigenvalue weighted by Gasteiger charge is 2.19. The normalized spacial score (nSPS) is 11.4. The molecule has 8 nitrogen and oxygen atoms in total. The number of rotatable bonds is 7. The van der Waals surface area contributed by atoms with Crippen LogP contribution in [0.3, 0.4) is 0 Å². The van der Waals surface area contributed by atoms with E-state index in [1.165, 1.54) is 6.07 Å². The lowest BCUT2D eigenvalue weighted by molar-refractivity contribution is 0.0952. The number of hydrogen-bond donors (Lipinski definition) is 4. The second kappa shape index (κ2) is 9.95. The van der Waals surface area contributed by atoms with Crippen molar-refractivity contribution in [1.82, 2.24) is 10.3 Å². The summed E-state index contributed by atoms with van der Waals surface area (Å²) in [6, 6.07) is 24.4. The van der Waals surface area contributed by atoms with E-state index in [4.69, 9.17) is 11.1 Å². The van der Waals surface area contributed by atoms with Crippen LogP contribution in [0.1, 0.15) is 27.0 Å². The van der Waals surface area contributed by atoms with Crippen molar-refractivity contribution < 1.29 is 13.2 Å². The maximum atomic E-state index is 13.3. The van der Waals surface area contributed by atoms with Gasteiger partial charge in [-0.3, -0.25) is 19.9 Å². The van der Waals surface area contributed by atoms with E-state index in [0.717, 1.165) is 21.9 Å². The van der Waals surface area contributed by atoms with E-state index in [1.807, 2.05) is 37.3 Å². The molecule has 5 N–H and O–H groups in total. The SMILES string of the molecule is Cc1ccnc2c(S(=O)(=O)Nc3ccc4c(C(=O)NCc5ccc(C(=N)N)cc5)cccc4c3)cccc12. The fraction of sp³-hybridized carbons (Fsp3) is 0.0690. The molecule has 0 atom stereocenters. The van der Waals surface area contributed by atoms with Gasteiger partial charge in [-0.15, -0.1) is 0 Å². The molecule has 1 heterocycles. The molecule has 0 aliphatic carbocycles. The van der Waals surface area contributed by atoms with Crippen molar-refractivity contribution in [3.8, 4) is 0 Å². The van der Waals surface area contributed by atoms with E-state index in [1.54, 1.807) is 54.7 Å². The van der Waals surface area contributed by atoms with Crippen molar-refractivity contribution in [2.75, 3.05) is 4.72 Å². The van der Waals surface area contributed by atoms with Crippen LogP contribution in [0, 0.1) is 12.3 Å². The number of anilines is 1. The first kappa shape index (κ1) is 24.9. The number of nitrogen functional groups attached to an aromatic ring is 1. The molecular formula is C29H25N5O3S. The summed E-state index contributed by atoms with van der Waals surface area (Å²) in [4.78, 5) is 17.4. The number of sulfonamides is 1. The maximum Gasteiger partial charge on any atom is 0.264 e. The third-order valence-corrected chi connectivity index (χ3v) is 7.75. The molecule has 1 aromatic heterocycles. The third-order valence-electron chi connectivity index (χ3n) is 6.34. The van der Waals surface area contributed by atoms with Crippen LogP contribution in [0.4, 0.5) is 5.69 Å². The van der Waals surface area contributed by atoms with Crippen molar-refractivity contribution in [2.45, 2.75) is 18.4 Å². The Labute approximate surface area is 220 Å². The van der Waals surface area contributed by atoms with Gasteiger partial charge in [-0.1, -0.05) is 54.6 Å². The Balaban J connectivity index is 1.38. The Morgan fingerprint density at radius 3 is 2.47 bits per heavy atom. The Bertz CT molecular complexity index is 1820. The minimum Gasteiger partial charge on any atom is -0.384 e. The highest BCUT2D eigenvalue weighted by Crippen LogP contribution is 2.28. The maximum absolute atomic E-state index is 13.3. The molecule has 0 unspecified atom stereocenters. The number of aromatic nitrogens is 1. The van der Waals surface area contributed by atoms with Crippen molar-refractivity contribution in [2.24, 2.45) is 5.73 Å². The molecule has 0 saturated carbocycles. The number of benzene rings is 4. The highest BCUT2D eigenvalue weighted by atomic mass is 32.2. The van der Waals surface area contributed by atoms with Gasteiger partial charge in [0.2, 0.25) is 0 Å². The molecule has 0 fully saturated rings. The fourth-order valence-electron chi connectivity index (χ4n) is 4.34. The van der Waals surface area contributed by atoms with Crippen molar-refractivity contribution in [3.63, 3.8) is 0 Å². The van der Waals surface area contributed by atoms with Crippen LogP contribution < -0.4 is 15.8 Å². The number of amides is 1. The molecule has 190 valence electrons. The predicted molar refractivity (Wildman–Crippen MR) is 150 cm³/mol. The van der Waals surface area contributed by atoms with Gasteiger partial charge in [-0.25, -0.2) is 8.42 Å². The summed E-state index contributed by atoms with van der Waals surface area (Å²) in [5.74, 6) is -0.265. The van der Waals surface area contributed by atoms with E-state index < -0.39 is 10.0 Å². The summed E-state index contributed by atoms with van der Waals surface area (Å²) < 4.78 is 29.2. The quantitative estimate of drug-likeness (QED) is 0.181. The zero-order valence-corrected chi connectivity index (χ0v) is 21.3. The van der Waals surface area contributed by atoms with Gasteiger partial charge in [-0.05, 0) is 59.2 Å². The standard InChI is InChI=1S/C29H25N5O3S/c1-18-14-15-32-27-23(18)5-3-7-26(27)38(36,37)34-22-12-13-24-21(16-22)4-2-6-25(24)29(35)33-17-19-8-10-20(11-9-19)28(30)31/h2-16,34H,17H2,1H3,(H3,30,31)(H,33,35). The Morgan fingerprint density at radius 2 is 1.71 bits per heavy atom.